The summed E-state index contributed by atoms with van der Waals surface area (Å²) >= 11 is 0. The highest BCUT2D eigenvalue weighted by Gasteiger charge is 2.22. The van der Waals surface area contributed by atoms with Gasteiger partial charge in [-0.1, -0.05) is 26.8 Å². The van der Waals surface area contributed by atoms with E-state index < -0.39 is 6.18 Å². The molecular weight excluding hydrogens is 255 g/mol. The Balaban J connectivity index is 2.39. The van der Waals surface area contributed by atoms with Crippen LogP contribution in [-0.2, 0) is 5.41 Å². The second kappa shape index (κ2) is 4.40. The van der Waals surface area contributed by atoms with Crippen molar-refractivity contribution in [3.8, 4) is 0 Å². The van der Waals surface area contributed by atoms with Gasteiger partial charge in [0.2, 0.25) is 5.89 Å². The molecule has 0 bridgehead atoms. The van der Waals surface area contributed by atoms with Crippen molar-refractivity contribution in [1.29, 1.82) is 0 Å². The largest absolute Gasteiger partial charge is 0.437 e. The van der Waals surface area contributed by atoms with Crippen molar-refractivity contribution < 1.29 is 17.6 Å². The number of fused-ring (bicyclic) bond motifs is 1. The minimum Gasteiger partial charge on any atom is -0.437 e. The molecule has 2 rings (SSSR count). The van der Waals surface area contributed by atoms with Gasteiger partial charge in [0.1, 0.15) is 5.52 Å². The summed E-state index contributed by atoms with van der Waals surface area (Å²) in [4.78, 5) is 4.04. The number of alkyl halides is 3. The van der Waals surface area contributed by atoms with Crippen molar-refractivity contribution in [2.24, 2.45) is 0 Å². The zero-order valence-electron chi connectivity index (χ0n) is 10.9. The summed E-state index contributed by atoms with van der Waals surface area (Å²) in [5.41, 5.74) is 2.05. The smallest absolute Gasteiger partial charge is 0.409 e. The third kappa shape index (κ3) is 3.36. The number of hydrogen-bond donors (Lipinski definition) is 0. The van der Waals surface area contributed by atoms with Gasteiger partial charge in [0, 0.05) is 12.2 Å². The van der Waals surface area contributed by atoms with E-state index in [4.69, 9.17) is 4.42 Å². The van der Waals surface area contributed by atoms with Gasteiger partial charge in [0.15, 0.2) is 5.58 Å². The second-order valence-electron chi connectivity index (χ2n) is 5.36. The molecule has 0 radical (unpaired) electrons. The fourth-order valence-corrected chi connectivity index (χ4v) is 1.65. The Labute approximate surface area is 108 Å². The highest BCUT2D eigenvalue weighted by Crippen LogP contribution is 2.27. The lowest BCUT2D eigenvalue weighted by Gasteiger charge is -2.18. The standard InChI is InChI=1S/C14H14F3NO/c1-13(2,3)9-4-5-11-10(8-9)18-12(19-11)6-7-14(15,16)17/h4-8H,1-3H3/b7-6+. The zero-order valence-corrected chi connectivity index (χ0v) is 10.9. The molecule has 5 heteroatoms. The Morgan fingerprint density at radius 3 is 2.42 bits per heavy atom. The summed E-state index contributed by atoms with van der Waals surface area (Å²) < 4.78 is 41.4. The zero-order chi connectivity index (χ0) is 14.3. The molecule has 0 aliphatic carbocycles. The Hall–Kier alpha value is -1.78. The predicted molar refractivity (Wildman–Crippen MR) is 67.8 cm³/mol. The van der Waals surface area contributed by atoms with Crippen LogP contribution in [0.2, 0.25) is 0 Å². The molecule has 0 aliphatic heterocycles. The normalized spacial score (nSPS) is 13.6. The van der Waals surface area contributed by atoms with Gasteiger partial charge >= 0.3 is 6.18 Å². The van der Waals surface area contributed by atoms with Gasteiger partial charge in [-0.05, 0) is 23.1 Å². The van der Waals surface area contributed by atoms with Crippen LogP contribution in [-0.4, -0.2) is 11.2 Å². The molecule has 1 aromatic heterocycles. The van der Waals surface area contributed by atoms with E-state index >= 15 is 0 Å². The number of benzene rings is 1. The van der Waals surface area contributed by atoms with Crippen LogP contribution < -0.4 is 0 Å². The lowest BCUT2D eigenvalue weighted by atomic mass is 9.87. The molecule has 2 aromatic rings. The highest BCUT2D eigenvalue weighted by molar-refractivity contribution is 5.75. The second-order valence-corrected chi connectivity index (χ2v) is 5.36. The van der Waals surface area contributed by atoms with E-state index in [9.17, 15) is 13.2 Å². The number of hydrogen-bond acceptors (Lipinski definition) is 2. The topological polar surface area (TPSA) is 26.0 Å². The predicted octanol–water partition coefficient (Wildman–Crippen LogP) is 4.70. The van der Waals surface area contributed by atoms with Crippen LogP contribution in [0.3, 0.4) is 0 Å². The summed E-state index contributed by atoms with van der Waals surface area (Å²) in [6.07, 6.45) is -3.42. The van der Waals surface area contributed by atoms with Crippen molar-refractivity contribution in [3.63, 3.8) is 0 Å². The molecule has 0 saturated heterocycles. The number of allylic oxidation sites excluding steroid dienone is 1. The molecule has 0 amide bonds. The Morgan fingerprint density at radius 1 is 1.16 bits per heavy atom. The van der Waals surface area contributed by atoms with E-state index in [1.54, 1.807) is 6.07 Å². The Bertz CT molecular complexity index is 618. The first-order chi connectivity index (χ1) is 8.65. The number of rotatable bonds is 1. The fraction of sp³-hybridized carbons (Fsp3) is 0.357. The van der Waals surface area contributed by atoms with Crippen molar-refractivity contribution in [2.45, 2.75) is 32.4 Å². The maximum absolute atomic E-state index is 12.1. The van der Waals surface area contributed by atoms with E-state index in [-0.39, 0.29) is 17.4 Å². The number of oxazole rings is 1. The lowest BCUT2D eigenvalue weighted by molar-refractivity contribution is -0.0791. The summed E-state index contributed by atoms with van der Waals surface area (Å²) in [6, 6.07) is 5.46. The quantitative estimate of drug-likeness (QED) is 0.750. The molecule has 0 N–H and O–H groups in total. The van der Waals surface area contributed by atoms with Crippen molar-refractivity contribution in [1.82, 2.24) is 4.98 Å². The van der Waals surface area contributed by atoms with E-state index in [0.29, 0.717) is 11.1 Å². The fourth-order valence-electron chi connectivity index (χ4n) is 1.65. The molecule has 1 heterocycles. The first-order valence-corrected chi connectivity index (χ1v) is 5.82. The van der Waals surface area contributed by atoms with Crippen LogP contribution in [0.25, 0.3) is 17.2 Å². The van der Waals surface area contributed by atoms with E-state index in [1.807, 2.05) is 12.1 Å². The van der Waals surface area contributed by atoms with Crippen LogP contribution in [0.1, 0.15) is 32.2 Å². The SMILES string of the molecule is CC(C)(C)c1ccc2oc(/C=C/C(F)(F)F)nc2c1. The molecule has 0 spiro atoms. The third-order valence-corrected chi connectivity index (χ3v) is 2.69. The molecule has 2 nitrogen and oxygen atoms in total. The van der Waals surface area contributed by atoms with Gasteiger partial charge in [0.25, 0.3) is 0 Å². The summed E-state index contributed by atoms with van der Waals surface area (Å²) in [5.74, 6) is -0.0432. The average Bonchev–Trinajstić information content (AvgIpc) is 2.65. The van der Waals surface area contributed by atoms with Crippen LogP contribution >= 0.6 is 0 Å². The van der Waals surface area contributed by atoms with Gasteiger partial charge in [-0.3, -0.25) is 0 Å². The molecule has 0 aliphatic rings. The molecule has 0 unspecified atom stereocenters. The molecule has 0 saturated carbocycles. The van der Waals surface area contributed by atoms with Crippen molar-refractivity contribution in [2.75, 3.05) is 0 Å². The first kappa shape index (κ1) is 13.6. The minimum atomic E-state index is -4.36. The van der Waals surface area contributed by atoms with Gasteiger partial charge < -0.3 is 4.42 Å². The number of aromatic nitrogens is 1. The van der Waals surface area contributed by atoms with Crippen LogP contribution in [0.4, 0.5) is 13.2 Å². The molecular formula is C14H14F3NO. The molecule has 19 heavy (non-hydrogen) atoms. The summed E-state index contributed by atoms with van der Waals surface area (Å²) in [7, 11) is 0. The molecule has 1 aromatic carbocycles. The first-order valence-electron chi connectivity index (χ1n) is 5.82. The van der Waals surface area contributed by atoms with Crippen LogP contribution in [0, 0.1) is 0 Å². The van der Waals surface area contributed by atoms with Gasteiger partial charge in [-0.15, -0.1) is 0 Å². The van der Waals surface area contributed by atoms with Crippen LogP contribution in [0.15, 0.2) is 28.7 Å². The summed E-state index contributed by atoms with van der Waals surface area (Å²) in [6.45, 7) is 6.16. The Kier molecular flexibility index (Phi) is 3.16. The molecule has 0 fully saturated rings. The monoisotopic (exact) mass is 269 g/mol. The Morgan fingerprint density at radius 2 is 1.84 bits per heavy atom. The average molecular weight is 269 g/mol. The lowest BCUT2D eigenvalue weighted by Crippen LogP contribution is -2.10. The minimum absolute atomic E-state index is 0.0432. The maximum Gasteiger partial charge on any atom is 0.409 e. The van der Waals surface area contributed by atoms with E-state index in [1.165, 1.54) is 0 Å². The van der Waals surface area contributed by atoms with Crippen molar-refractivity contribution >= 4 is 17.2 Å². The van der Waals surface area contributed by atoms with Gasteiger partial charge in [0.05, 0.1) is 0 Å². The van der Waals surface area contributed by atoms with Crippen molar-refractivity contribution in [3.05, 3.63) is 35.7 Å². The maximum atomic E-state index is 12.1. The molecule has 102 valence electrons. The number of nitrogens with zero attached hydrogens (tertiary/aromatic N) is 1. The van der Waals surface area contributed by atoms with E-state index in [0.717, 1.165) is 11.6 Å². The van der Waals surface area contributed by atoms with Gasteiger partial charge in [-0.25, -0.2) is 4.98 Å². The highest BCUT2D eigenvalue weighted by atomic mass is 19.4. The summed E-state index contributed by atoms with van der Waals surface area (Å²) in [5, 5.41) is 0. The van der Waals surface area contributed by atoms with E-state index in [2.05, 4.69) is 25.8 Å². The number of halogens is 3. The van der Waals surface area contributed by atoms with Gasteiger partial charge in [-0.2, -0.15) is 13.2 Å². The molecule has 0 atom stereocenters. The third-order valence-electron chi connectivity index (χ3n) is 2.69. The van der Waals surface area contributed by atoms with Crippen LogP contribution in [0.5, 0.6) is 0 Å².